The van der Waals surface area contributed by atoms with Crippen LogP contribution >= 0.6 is 0 Å². The minimum atomic E-state index is -0.0205. The Kier molecular flexibility index (Phi) is 1.91. The van der Waals surface area contributed by atoms with Gasteiger partial charge in [0.05, 0.1) is 18.0 Å². The van der Waals surface area contributed by atoms with Crippen molar-refractivity contribution in [1.29, 1.82) is 0 Å². The summed E-state index contributed by atoms with van der Waals surface area (Å²) in [7, 11) is 0. The predicted octanol–water partition coefficient (Wildman–Crippen LogP) is 0.0466. The average molecular weight is 141 g/mol. The van der Waals surface area contributed by atoms with Gasteiger partial charge in [0.25, 0.3) is 0 Å². The zero-order valence-corrected chi connectivity index (χ0v) is 5.89. The van der Waals surface area contributed by atoms with Gasteiger partial charge in [-0.05, 0) is 6.42 Å². The van der Waals surface area contributed by atoms with Gasteiger partial charge in [-0.15, -0.1) is 0 Å². The quantitative estimate of drug-likeness (QED) is 0.544. The van der Waals surface area contributed by atoms with E-state index in [2.05, 4.69) is 9.97 Å². The monoisotopic (exact) mass is 141 g/mol. The molecule has 0 saturated carbocycles. The first-order valence-corrected chi connectivity index (χ1v) is 3.22. The van der Waals surface area contributed by atoms with Crippen molar-refractivity contribution in [3.05, 3.63) is 11.4 Å². The lowest BCUT2D eigenvalue weighted by atomic mass is 10.3. The van der Waals surface area contributed by atoms with Crippen molar-refractivity contribution >= 4 is 5.95 Å². The van der Waals surface area contributed by atoms with Crippen molar-refractivity contribution in [3.8, 4) is 0 Å². The van der Waals surface area contributed by atoms with E-state index < -0.39 is 0 Å². The molecule has 0 atom stereocenters. The zero-order valence-electron chi connectivity index (χ0n) is 5.89. The van der Waals surface area contributed by atoms with Crippen LogP contribution in [0.25, 0.3) is 0 Å². The number of imidazole rings is 1. The Morgan fingerprint density at radius 2 is 2.40 bits per heavy atom. The maximum atomic E-state index is 8.74. The molecular formula is C6H11N3O. The second-order valence-electron chi connectivity index (χ2n) is 2.06. The van der Waals surface area contributed by atoms with Gasteiger partial charge in [-0.2, -0.15) is 0 Å². The van der Waals surface area contributed by atoms with Crippen molar-refractivity contribution in [2.24, 2.45) is 0 Å². The van der Waals surface area contributed by atoms with Crippen molar-refractivity contribution in [2.75, 3.05) is 5.73 Å². The van der Waals surface area contributed by atoms with E-state index >= 15 is 0 Å². The summed E-state index contributed by atoms with van der Waals surface area (Å²) in [6.45, 7) is 1.95. The summed E-state index contributed by atoms with van der Waals surface area (Å²) in [5.74, 6) is 0.376. The normalized spacial score (nSPS) is 10.2. The number of nitrogen functional groups attached to an aromatic ring is 1. The Hall–Kier alpha value is -1.03. The maximum absolute atomic E-state index is 8.74. The number of aromatic nitrogens is 2. The van der Waals surface area contributed by atoms with Crippen LogP contribution in [0, 0.1) is 0 Å². The van der Waals surface area contributed by atoms with Crippen LogP contribution < -0.4 is 5.73 Å². The van der Waals surface area contributed by atoms with Gasteiger partial charge in [0.15, 0.2) is 5.95 Å². The zero-order chi connectivity index (χ0) is 7.56. The molecule has 1 aromatic heterocycles. The summed E-state index contributed by atoms with van der Waals surface area (Å²) in [6, 6.07) is 0. The number of H-pyrrole nitrogens is 1. The molecule has 0 aromatic carbocycles. The van der Waals surface area contributed by atoms with Crippen molar-refractivity contribution in [3.63, 3.8) is 0 Å². The lowest BCUT2D eigenvalue weighted by Gasteiger charge is -1.91. The number of nitrogens with two attached hydrogens (primary N) is 1. The van der Waals surface area contributed by atoms with Crippen LogP contribution in [0.2, 0.25) is 0 Å². The first-order chi connectivity index (χ1) is 4.77. The molecule has 0 unspecified atom stereocenters. The smallest absolute Gasteiger partial charge is 0.197 e. The molecule has 0 aliphatic carbocycles. The Bertz CT molecular complexity index is 197. The fourth-order valence-electron chi connectivity index (χ4n) is 0.891. The molecule has 1 heterocycles. The van der Waals surface area contributed by atoms with E-state index in [1.165, 1.54) is 0 Å². The van der Waals surface area contributed by atoms with E-state index in [1.807, 2.05) is 6.92 Å². The molecule has 0 radical (unpaired) electrons. The molecule has 56 valence electrons. The minimum absolute atomic E-state index is 0.0205. The Balaban J connectivity index is 2.96. The first kappa shape index (κ1) is 7.08. The van der Waals surface area contributed by atoms with Crippen molar-refractivity contribution < 1.29 is 5.11 Å². The van der Waals surface area contributed by atoms with Crippen LogP contribution in [0.1, 0.15) is 18.3 Å². The largest absolute Gasteiger partial charge is 0.390 e. The lowest BCUT2D eigenvalue weighted by molar-refractivity contribution is 0.276. The standard InChI is InChI=1S/C6H11N3O/c1-2-4-5(3-10)9-6(7)8-4/h10H,2-3H2,1H3,(H3,7,8,9). The van der Waals surface area contributed by atoms with Gasteiger partial charge < -0.3 is 15.8 Å². The molecule has 10 heavy (non-hydrogen) atoms. The Morgan fingerprint density at radius 3 is 2.80 bits per heavy atom. The van der Waals surface area contributed by atoms with E-state index in [9.17, 15) is 0 Å². The molecule has 4 nitrogen and oxygen atoms in total. The lowest BCUT2D eigenvalue weighted by Crippen LogP contribution is -1.89. The summed E-state index contributed by atoms with van der Waals surface area (Å²) < 4.78 is 0. The molecule has 0 spiro atoms. The molecule has 0 aliphatic rings. The van der Waals surface area contributed by atoms with Crippen LogP contribution in [0.15, 0.2) is 0 Å². The molecule has 4 N–H and O–H groups in total. The van der Waals surface area contributed by atoms with Gasteiger partial charge in [-0.25, -0.2) is 4.98 Å². The highest BCUT2D eigenvalue weighted by Crippen LogP contribution is 2.07. The minimum Gasteiger partial charge on any atom is -0.390 e. The molecule has 0 amide bonds. The number of hydrogen-bond acceptors (Lipinski definition) is 3. The highest BCUT2D eigenvalue weighted by molar-refractivity contribution is 5.25. The SMILES string of the molecule is CCc1nc(N)[nH]c1CO. The number of aryl methyl sites for hydroxylation is 1. The van der Waals surface area contributed by atoms with Gasteiger partial charge in [-0.3, -0.25) is 0 Å². The second kappa shape index (κ2) is 2.70. The summed E-state index contributed by atoms with van der Waals surface area (Å²) in [6.07, 6.45) is 0.795. The fourth-order valence-corrected chi connectivity index (χ4v) is 0.891. The van der Waals surface area contributed by atoms with E-state index in [-0.39, 0.29) is 6.61 Å². The van der Waals surface area contributed by atoms with Gasteiger partial charge in [0, 0.05) is 0 Å². The van der Waals surface area contributed by atoms with Crippen molar-refractivity contribution in [1.82, 2.24) is 9.97 Å². The fraction of sp³-hybridized carbons (Fsp3) is 0.500. The molecule has 0 bridgehead atoms. The van der Waals surface area contributed by atoms with Crippen LogP contribution in [-0.4, -0.2) is 15.1 Å². The maximum Gasteiger partial charge on any atom is 0.197 e. The molecule has 1 aromatic rings. The highest BCUT2D eigenvalue weighted by atomic mass is 16.3. The van der Waals surface area contributed by atoms with Gasteiger partial charge in [0.2, 0.25) is 0 Å². The van der Waals surface area contributed by atoms with E-state index in [0.717, 1.165) is 17.8 Å². The number of aromatic amines is 1. The van der Waals surface area contributed by atoms with E-state index in [0.29, 0.717) is 5.95 Å². The third-order valence-electron chi connectivity index (χ3n) is 1.38. The first-order valence-electron chi connectivity index (χ1n) is 3.22. The number of nitrogens with zero attached hydrogens (tertiary/aromatic N) is 1. The van der Waals surface area contributed by atoms with Gasteiger partial charge in [-0.1, -0.05) is 6.92 Å². The Morgan fingerprint density at radius 1 is 1.70 bits per heavy atom. The third kappa shape index (κ3) is 1.11. The molecule has 0 saturated heterocycles. The molecule has 0 aliphatic heterocycles. The van der Waals surface area contributed by atoms with Gasteiger partial charge >= 0.3 is 0 Å². The Labute approximate surface area is 59.1 Å². The third-order valence-corrected chi connectivity index (χ3v) is 1.38. The highest BCUT2D eigenvalue weighted by Gasteiger charge is 2.03. The molecule has 0 fully saturated rings. The number of nitrogens with one attached hydrogen (secondary N) is 1. The topological polar surface area (TPSA) is 74.9 Å². The number of aliphatic hydroxyl groups is 1. The second-order valence-corrected chi connectivity index (χ2v) is 2.06. The molecular weight excluding hydrogens is 130 g/mol. The van der Waals surface area contributed by atoms with E-state index in [1.54, 1.807) is 0 Å². The summed E-state index contributed by atoms with van der Waals surface area (Å²) in [4.78, 5) is 6.72. The predicted molar refractivity (Wildman–Crippen MR) is 38.3 cm³/mol. The summed E-state index contributed by atoms with van der Waals surface area (Å²) in [5.41, 5.74) is 6.92. The van der Waals surface area contributed by atoms with Crippen LogP contribution in [0.4, 0.5) is 5.95 Å². The number of rotatable bonds is 2. The van der Waals surface area contributed by atoms with Gasteiger partial charge in [0.1, 0.15) is 0 Å². The average Bonchev–Trinajstić information content (AvgIpc) is 2.30. The van der Waals surface area contributed by atoms with Crippen LogP contribution in [-0.2, 0) is 13.0 Å². The van der Waals surface area contributed by atoms with Crippen LogP contribution in [0.5, 0.6) is 0 Å². The number of anilines is 1. The summed E-state index contributed by atoms with van der Waals surface area (Å²) in [5, 5.41) is 8.74. The molecule has 1 rings (SSSR count). The van der Waals surface area contributed by atoms with Crippen molar-refractivity contribution in [2.45, 2.75) is 20.0 Å². The molecule has 4 heteroatoms. The summed E-state index contributed by atoms with van der Waals surface area (Å²) >= 11 is 0. The van der Waals surface area contributed by atoms with E-state index in [4.69, 9.17) is 10.8 Å². The van der Waals surface area contributed by atoms with Crippen LogP contribution in [0.3, 0.4) is 0 Å². The number of aliphatic hydroxyl groups excluding tert-OH is 1. The number of hydrogen-bond donors (Lipinski definition) is 3.